The van der Waals surface area contributed by atoms with Crippen molar-refractivity contribution in [3.05, 3.63) is 35.5 Å². The number of rotatable bonds is 4. The number of thioether (sulfide) groups is 1. The van der Waals surface area contributed by atoms with Gasteiger partial charge in [-0.2, -0.15) is 4.98 Å². The van der Waals surface area contributed by atoms with Gasteiger partial charge in [0.1, 0.15) is 17.0 Å². The van der Waals surface area contributed by atoms with E-state index in [0.717, 1.165) is 0 Å². The Kier molecular flexibility index (Phi) is 5.90. The molecule has 1 N–H and O–H groups in total. The second kappa shape index (κ2) is 7.72. The van der Waals surface area contributed by atoms with Crippen LogP contribution >= 0.6 is 23.4 Å². The van der Waals surface area contributed by atoms with Crippen LogP contribution in [0.3, 0.4) is 0 Å². The fourth-order valence-corrected chi connectivity index (χ4v) is 2.16. The summed E-state index contributed by atoms with van der Waals surface area (Å²) in [7, 11) is 0. The van der Waals surface area contributed by atoms with Crippen LogP contribution in [0, 0.1) is 0 Å². The van der Waals surface area contributed by atoms with E-state index in [-0.39, 0.29) is 5.88 Å². The fraction of sp³-hybridized carbons (Fsp3) is 0.312. The molecular formula is C16H18ClN3O3S. The van der Waals surface area contributed by atoms with Gasteiger partial charge in [0.2, 0.25) is 5.88 Å². The molecule has 0 saturated heterocycles. The second-order valence-corrected chi connectivity index (χ2v) is 6.92. The summed E-state index contributed by atoms with van der Waals surface area (Å²) >= 11 is 7.46. The number of amides is 1. The molecule has 1 heterocycles. The molecule has 8 heteroatoms. The molecule has 24 heavy (non-hydrogen) atoms. The zero-order valence-electron chi connectivity index (χ0n) is 13.8. The van der Waals surface area contributed by atoms with Crippen LogP contribution in [0.5, 0.6) is 11.6 Å². The van der Waals surface area contributed by atoms with Gasteiger partial charge < -0.3 is 9.47 Å². The third kappa shape index (κ3) is 5.28. The molecule has 0 aliphatic rings. The van der Waals surface area contributed by atoms with Gasteiger partial charge in [0.25, 0.3) is 0 Å². The molecule has 0 saturated carbocycles. The van der Waals surface area contributed by atoms with Gasteiger partial charge in [-0.1, -0.05) is 35.5 Å². The van der Waals surface area contributed by atoms with Crippen molar-refractivity contribution < 1.29 is 14.3 Å². The highest BCUT2D eigenvalue weighted by molar-refractivity contribution is 7.98. The SMILES string of the molecule is CSc1ncc(NC(=O)OC(C)(C)C)c(Oc2ccccc2Cl)n1. The highest BCUT2D eigenvalue weighted by Crippen LogP contribution is 2.32. The Labute approximate surface area is 149 Å². The monoisotopic (exact) mass is 367 g/mol. The van der Waals surface area contributed by atoms with Crippen molar-refractivity contribution in [2.45, 2.75) is 31.5 Å². The van der Waals surface area contributed by atoms with Crippen molar-refractivity contribution in [2.24, 2.45) is 0 Å². The van der Waals surface area contributed by atoms with Crippen molar-refractivity contribution in [3.63, 3.8) is 0 Å². The van der Waals surface area contributed by atoms with Crippen LogP contribution in [-0.2, 0) is 4.74 Å². The maximum Gasteiger partial charge on any atom is 0.412 e. The van der Waals surface area contributed by atoms with Gasteiger partial charge in [0.15, 0.2) is 5.16 Å². The standard InChI is InChI=1S/C16H18ClN3O3S/c1-16(2,3)23-15(21)19-11-9-18-14(24-4)20-13(11)22-12-8-6-5-7-10(12)17/h5-9H,1-4H3,(H,19,21). The molecule has 6 nitrogen and oxygen atoms in total. The lowest BCUT2D eigenvalue weighted by atomic mass is 10.2. The number of benzene rings is 1. The van der Waals surface area contributed by atoms with Crippen molar-refractivity contribution in [1.82, 2.24) is 9.97 Å². The molecule has 1 aromatic heterocycles. The van der Waals surface area contributed by atoms with E-state index in [9.17, 15) is 4.79 Å². The predicted molar refractivity (Wildman–Crippen MR) is 95.2 cm³/mol. The quantitative estimate of drug-likeness (QED) is 0.606. The van der Waals surface area contributed by atoms with Crippen molar-refractivity contribution >= 4 is 35.1 Å². The molecule has 2 aromatic rings. The Hall–Kier alpha value is -1.99. The van der Waals surface area contributed by atoms with Crippen molar-refractivity contribution in [2.75, 3.05) is 11.6 Å². The molecule has 0 aliphatic carbocycles. The van der Waals surface area contributed by atoms with E-state index in [1.165, 1.54) is 18.0 Å². The molecule has 1 aromatic carbocycles. The Morgan fingerprint density at radius 2 is 2.00 bits per heavy atom. The van der Waals surface area contributed by atoms with E-state index in [0.29, 0.717) is 21.6 Å². The van der Waals surface area contributed by atoms with Crippen molar-refractivity contribution in [1.29, 1.82) is 0 Å². The first kappa shape index (κ1) is 18.4. The minimum Gasteiger partial charge on any atom is -0.444 e. The fourth-order valence-electron chi connectivity index (χ4n) is 1.66. The third-order valence-corrected chi connectivity index (χ3v) is 3.47. The molecule has 0 unspecified atom stereocenters. The summed E-state index contributed by atoms with van der Waals surface area (Å²) in [6, 6.07) is 7.00. The molecular weight excluding hydrogens is 350 g/mol. The summed E-state index contributed by atoms with van der Waals surface area (Å²) in [5.41, 5.74) is -0.324. The summed E-state index contributed by atoms with van der Waals surface area (Å²) in [6.07, 6.45) is 2.69. The Morgan fingerprint density at radius 1 is 1.29 bits per heavy atom. The smallest absolute Gasteiger partial charge is 0.412 e. The van der Waals surface area contributed by atoms with Gasteiger partial charge in [0, 0.05) is 0 Å². The minimum atomic E-state index is -0.619. The second-order valence-electron chi connectivity index (χ2n) is 5.73. The van der Waals surface area contributed by atoms with Crippen LogP contribution in [0.2, 0.25) is 5.02 Å². The van der Waals surface area contributed by atoms with E-state index in [2.05, 4.69) is 15.3 Å². The van der Waals surface area contributed by atoms with E-state index in [1.54, 1.807) is 45.0 Å². The van der Waals surface area contributed by atoms with Gasteiger partial charge in [-0.25, -0.2) is 9.78 Å². The van der Waals surface area contributed by atoms with E-state index >= 15 is 0 Å². The highest BCUT2D eigenvalue weighted by atomic mass is 35.5. The zero-order chi connectivity index (χ0) is 17.7. The number of para-hydroxylation sites is 1. The summed E-state index contributed by atoms with van der Waals surface area (Å²) < 4.78 is 11.0. The minimum absolute atomic E-state index is 0.188. The van der Waals surface area contributed by atoms with E-state index in [1.807, 2.05) is 6.26 Å². The average Bonchev–Trinajstić information content (AvgIpc) is 2.49. The lowest BCUT2D eigenvalue weighted by Gasteiger charge is -2.20. The maximum atomic E-state index is 12.0. The largest absolute Gasteiger partial charge is 0.444 e. The van der Waals surface area contributed by atoms with Gasteiger partial charge >= 0.3 is 6.09 Å². The number of hydrogen-bond donors (Lipinski definition) is 1. The molecule has 0 fully saturated rings. The predicted octanol–water partition coefficient (Wildman–Crippen LogP) is 4.99. The van der Waals surface area contributed by atoms with Crippen LogP contribution in [0.4, 0.5) is 10.5 Å². The lowest BCUT2D eigenvalue weighted by Crippen LogP contribution is -2.27. The average molecular weight is 368 g/mol. The Balaban J connectivity index is 2.28. The highest BCUT2D eigenvalue weighted by Gasteiger charge is 2.19. The molecule has 0 bridgehead atoms. The van der Waals surface area contributed by atoms with E-state index < -0.39 is 11.7 Å². The number of carbonyl (C=O) groups excluding carboxylic acids is 1. The molecule has 0 radical (unpaired) electrons. The van der Waals surface area contributed by atoms with Crippen LogP contribution in [-0.4, -0.2) is 27.9 Å². The number of nitrogens with one attached hydrogen (secondary N) is 1. The zero-order valence-corrected chi connectivity index (χ0v) is 15.4. The first-order valence-corrected chi connectivity index (χ1v) is 8.72. The van der Waals surface area contributed by atoms with Crippen LogP contribution in [0.15, 0.2) is 35.6 Å². The number of ether oxygens (including phenoxy) is 2. The number of carbonyl (C=O) groups is 1. The van der Waals surface area contributed by atoms with Gasteiger partial charge in [-0.05, 0) is 39.2 Å². The number of anilines is 1. The molecule has 2 rings (SSSR count). The number of halogens is 1. The molecule has 0 aliphatic heterocycles. The van der Waals surface area contributed by atoms with Gasteiger partial charge in [-0.3, -0.25) is 5.32 Å². The summed E-state index contributed by atoms with van der Waals surface area (Å²) in [5, 5.41) is 3.54. The molecule has 0 atom stereocenters. The van der Waals surface area contributed by atoms with Crippen molar-refractivity contribution in [3.8, 4) is 11.6 Å². The number of nitrogens with zero attached hydrogens (tertiary/aromatic N) is 2. The maximum absolute atomic E-state index is 12.0. The summed E-state index contributed by atoms with van der Waals surface area (Å²) in [6.45, 7) is 5.34. The molecule has 0 spiro atoms. The topological polar surface area (TPSA) is 73.3 Å². The van der Waals surface area contributed by atoms with Crippen LogP contribution in [0.25, 0.3) is 0 Å². The molecule has 128 valence electrons. The van der Waals surface area contributed by atoms with Gasteiger partial charge in [-0.15, -0.1) is 0 Å². The Bertz CT molecular complexity index is 735. The van der Waals surface area contributed by atoms with Gasteiger partial charge in [0.05, 0.1) is 11.2 Å². The Morgan fingerprint density at radius 3 is 2.62 bits per heavy atom. The summed E-state index contributed by atoms with van der Waals surface area (Å²) in [4.78, 5) is 20.4. The number of aromatic nitrogens is 2. The molecule has 1 amide bonds. The van der Waals surface area contributed by atoms with Crippen LogP contribution in [0.1, 0.15) is 20.8 Å². The first-order valence-electron chi connectivity index (χ1n) is 7.12. The third-order valence-electron chi connectivity index (χ3n) is 2.59. The van der Waals surface area contributed by atoms with E-state index in [4.69, 9.17) is 21.1 Å². The lowest BCUT2D eigenvalue weighted by molar-refractivity contribution is 0.0635. The van der Waals surface area contributed by atoms with Crippen LogP contribution < -0.4 is 10.1 Å². The first-order chi connectivity index (χ1) is 11.3. The summed E-state index contributed by atoms with van der Waals surface area (Å²) in [5.74, 6) is 0.616. The normalized spacial score (nSPS) is 11.0. The number of hydrogen-bond acceptors (Lipinski definition) is 6.